The minimum absolute atomic E-state index is 0.101. The summed E-state index contributed by atoms with van der Waals surface area (Å²) in [5, 5.41) is 0. The molecule has 1 aromatic heterocycles. The second-order valence-corrected chi connectivity index (χ2v) is 5.74. The number of hydrogen-bond donors (Lipinski definition) is 0. The van der Waals surface area contributed by atoms with Crippen LogP contribution in [0.15, 0.2) is 30.3 Å². The normalized spacial score (nSPS) is 10.5. The molecule has 0 saturated heterocycles. The molecule has 1 amide bonds. The van der Waals surface area contributed by atoms with Gasteiger partial charge in [-0.3, -0.25) is 9.78 Å². The van der Waals surface area contributed by atoms with Crippen molar-refractivity contribution < 1.29 is 9.53 Å². The monoisotopic (exact) mass is 347 g/mol. The van der Waals surface area contributed by atoms with E-state index < -0.39 is 0 Å². The van der Waals surface area contributed by atoms with Crippen molar-refractivity contribution in [2.45, 2.75) is 27.2 Å². The maximum Gasteiger partial charge on any atom is 0.265 e. The molecule has 6 heteroatoms. The van der Waals surface area contributed by atoms with Crippen LogP contribution in [0.5, 0.6) is 5.88 Å². The molecule has 0 radical (unpaired) electrons. The van der Waals surface area contributed by atoms with Gasteiger partial charge in [-0.15, -0.1) is 11.6 Å². The second kappa shape index (κ2) is 8.64. The molecule has 0 N–H and O–H groups in total. The van der Waals surface area contributed by atoms with Crippen LogP contribution in [0.2, 0.25) is 0 Å². The number of ether oxygens (including phenoxy) is 1. The Balaban J connectivity index is 2.12. The number of amides is 1. The van der Waals surface area contributed by atoms with Crippen LogP contribution in [0.25, 0.3) is 0 Å². The van der Waals surface area contributed by atoms with E-state index in [2.05, 4.69) is 9.97 Å². The number of aryl methyl sites for hydroxylation is 3. The molecule has 0 bridgehead atoms. The van der Waals surface area contributed by atoms with Crippen LogP contribution < -0.4 is 9.64 Å². The van der Waals surface area contributed by atoms with E-state index in [-0.39, 0.29) is 12.5 Å². The number of carbonyl (C=O) groups is 1. The van der Waals surface area contributed by atoms with Gasteiger partial charge in [-0.2, -0.15) is 0 Å². The second-order valence-electron chi connectivity index (χ2n) is 5.36. The maximum atomic E-state index is 12.6. The van der Waals surface area contributed by atoms with Gasteiger partial charge in [0.1, 0.15) is 5.69 Å². The van der Waals surface area contributed by atoms with Crippen molar-refractivity contribution in [3.8, 4) is 5.88 Å². The number of alkyl halides is 1. The SMILES string of the molecule is CCc1nc(C)c(C)nc1OCC(=O)N(CCCl)c1ccccc1. The Morgan fingerprint density at radius 3 is 2.46 bits per heavy atom. The first-order chi connectivity index (χ1) is 11.6. The molecular weight excluding hydrogens is 326 g/mol. The fourth-order valence-electron chi connectivity index (χ4n) is 2.27. The number of nitrogens with zero attached hydrogens (tertiary/aromatic N) is 3. The van der Waals surface area contributed by atoms with Gasteiger partial charge < -0.3 is 9.64 Å². The molecule has 0 atom stereocenters. The Morgan fingerprint density at radius 2 is 1.83 bits per heavy atom. The first kappa shape index (κ1) is 18.2. The molecule has 2 rings (SSSR count). The quantitative estimate of drug-likeness (QED) is 0.721. The first-order valence-corrected chi connectivity index (χ1v) is 8.48. The van der Waals surface area contributed by atoms with Gasteiger partial charge in [0.05, 0.1) is 11.4 Å². The van der Waals surface area contributed by atoms with Crippen LogP contribution in [-0.2, 0) is 11.2 Å². The Labute approximate surface area is 147 Å². The molecule has 5 nitrogen and oxygen atoms in total. The molecule has 24 heavy (non-hydrogen) atoms. The lowest BCUT2D eigenvalue weighted by atomic mass is 10.3. The lowest BCUT2D eigenvalue weighted by Gasteiger charge is -2.22. The van der Waals surface area contributed by atoms with Crippen molar-refractivity contribution in [1.29, 1.82) is 0 Å². The maximum absolute atomic E-state index is 12.6. The summed E-state index contributed by atoms with van der Waals surface area (Å²) in [5.74, 6) is 0.612. The van der Waals surface area contributed by atoms with Gasteiger partial charge in [0.2, 0.25) is 5.88 Å². The van der Waals surface area contributed by atoms with Crippen molar-refractivity contribution in [1.82, 2.24) is 9.97 Å². The Bertz CT molecular complexity index is 692. The summed E-state index contributed by atoms with van der Waals surface area (Å²) in [7, 11) is 0. The van der Waals surface area contributed by atoms with Gasteiger partial charge in [-0.25, -0.2) is 4.98 Å². The summed E-state index contributed by atoms with van der Waals surface area (Å²) in [6.07, 6.45) is 0.696. The summed E-state index contributed by atoms with van der Waals surface area (Å²) >= 11 is 5.84. The highest BCUT2D eigenvalue weighted by molar-refractivity contribution is 6.18. The number of rotatable bonds is 7. The van der Waals surface area contributed by atoms with Crippen LogP contribution >= 0.6 is 11.6 Å². The number of halogens is 1. The summed E-state index contributed by atoms with van der Waals surface area (Å²) in [5.41, 5.74) is 3.23. The average molecular weight is 348 g/mol. The zero-order valence-electron chi connectivity index (χ0n) is 14.3. The van der Waals surface area contributed by atoms with Gasteiger partial charge >= 0.3 is 0 Å². The molecule has 2 aromatic rings. The molecule has 0 spiro atoms. The highest BCUT2D eigenvalue weighted by Crippen LogP contribution is 2.18. The standard InChI is InChI=1S/C18H22ClN3O2/c1-4-16-18(21-14(3)13(2)20-16)24-12-17(23)22(11-10-19)15-8-6-5-7-9-15/h5-9H,4,10-12H2,1-3H3. The Hall–Kier alpha value is -2.14. The molecule has 128 valence electrons. The Kier molecular flexibility index (Phi) is 6.55. The topological polar surface area (TPSA) is 55.3 Å². The van der Waals surface area contributed by atoms with Crippen LogP contribution in [0.4, 0.5) is 5.69 Å². The molecule has 0 aliphatic heterocycles. The fraction of sp³-hybridized carbons (Fsp3) is 0.389. The van der Waals surface area contributed by atoms with Crippen LogP contribution in [0.1, 0.15) is 24.0 Å². The number of para-hydroxylation sites is 1. The van der Waals surface area contributed by atoms with E-state index in [1.807, 2.05) is 51.1 Å². The smallest absolute Gasteiger partial charge is 0.265 e. The zero-order chi connectivity index (χ0) is 17.5. The van der Waals surface area contributed by atoms with Gasteiger partial charge in [0.25, 0.3) is 5.91 Å². The third-order valence-corrected chi connectivity index (χ3v) is 3.86. The number of benzene rings is 1. The predicted molar refractivity (Wildman–Crippen MR) is 95.9 cm³/mol. The summed E-state index contributed by atoms with van der Waals surface area (Å²) in [6, 6.07) is 9.42. The summed E-state index contributed by atoms with van der Waals surface area (Å²) in [4.78, 5) is 23.1. The molecular formula is C18H22ClN3O2. The molecule has 0 saturated carbocycles. The minimum Gasteiger partial charge on any atom is -0.466 e. The van der Waals surface area contributed by atoms with Crippen LogP contribution in [-0.4, -0.2) is 34.9 Å². The van der Waals surface area contributed by atoms with E-state index >= 15 is 0 Å². The third kappa shape index (κ3) is 4.45. The van der Waals surface area contributed by atoms with E-state index in [0.717, 1.165) is 22.8 Å². The zero-order valence-corrected chi connectivity index (χ0v) is 15.0. The number of anilines is 1. The molecule has 1 heterocycles. The van der Waals surface area contributed by atoms with Crippen molar-refractivity contribution in [2.24, 2.45) is 0 Å². The van der Waals surface area contributed by atoms with Crippen molar-refractivity contribution in [3.05, 3.63) is 47.4 Å². The van der Waals surface area contributed by atoms with E-state index in [4.69, 9.17) is 16.3 Å². The number of hydrogen-bond acceptors (Lipinski definition) is 4. The lowest BCUT2D eigenvalue weighted by molar-refractivity contribution is -0.120. The Morgan fingerprint density at radius 1 is 1.17 bits per heavy atom. The average Bonchev–Trinajstić information content (AvgIpc) is 2.60. The van der Waals surface area contributed by atoms with Gasteiger partial charge in [0.15, 0.2) is 6.61 Å². The number of carbonyl (C=O) groups excluding carboxylic acids is 1. The predicted octanol–water partition coefficient (Wildman–Crippen LogP) is 3.31. The van der Waals surface area contributed by atoms with E-state index in [1.165, 1.54) is 0 Å². The molecule has 0 fully saturated rings. The van der Waals surface area contributed by atoms with E-state index in [0.29, 0.717) is 24.7 Å². The summed E-state index contributed by atoms with van der Waals surface area (Å²) in [6.45, 7) is 6.09. The van der Waals surface area contributed by atoms with Crippen molar-refractivity contribution in [2.75, 3.05) is 23.9 Å². The molecule has 0 unspecified atom stereocenters. The first-order valence-electron chi connectivity index (χ1n) is 7.95. The van der Waals surface area contributed by atoms with Gasteiger partial charge in [-0.05, 0) is 32.4 Å². The fourth-order valence-corrected chi connectivity index (χ4v) is 2.44. The van der Waals surface area contributed by atoms with Crippen LogP contribution in [0, 0.1) is 13.8 Å². The largest absolute Gasteiger partial charge is 0.466 e. The van der Waals surface area contributed by atoms with Crippen molar-refractivity contribution >= 4 is 23.2 Å². The highest BCUT2D eigenvalue weighted by atomic mass is 35.5. The minimum atomic E-state index is -0.163. The number of aromatic nitrogens is 2. The van der Waals surface area contributed by atoms with Crippen LogP contribution in [0.3, 0.4) is 0 Å². The van der Waals surface area contributed by atoms with Gasteiger partial charge in [0, 0.05) is 18.1 Å². The molecule has 0 aliphatic carbocycles. The van der Waals surface area contributed by atoms with E-state index in [9.17, 15) is 4.79 Å². The molecule has 1 aromatic carbocycles. The van der Waals surface area contributed by atoms with E-state index in [1.54, 1.807) is 4.90 Å². The van der Waals surface area contributed by atoms with Crippen molar-refractivity contribution in [3.63, 3.8) is 0 Å². The molecule has 0 aliphatic rings. The highest BCUT2D eigenvalue weighted by Gasteiger charge is 2.17. The van der Waals surface area contributed by atoms with Gasteiger partial charge in [-0.1, -0.05) is 25.1 Å². The lowest BCUT2D eigenvalue weighted by Crippen LogP contribution is -2.36. The summed E-state index contributed by atoms with van der Waals surface area (Å²) < 4.78 is 5.67. The third-order valence-electron chi connectivity index (χ3n) is 3.69.